The summed E-state index contributed by atoms with van der Waals surface area (Å²) < 4.78 is 11.7. The number of fused-ring (bicyclic) bond motifs is 1. The number of rotatable bonds is 3. The zero-order chi connectivity index (χ0) is 15.9. The van der Waals surface area contributed by atoms with Crippen molar-refractivity contribution in [2.75, 3.05) is 25.1 Å². The maximum Gasteiger partial charge on any atom is 0.373 e. The lowest BCUT2D eigenvalue weighted by atomic mass is 10.2. The minimum Gasteiger partial charge on any atom is -0.467 e. The second-order valence-corrected chi connectivity index (χ2v) is 5.81. The van der Waals surface area contributed by atoms with E-state index in [2.05, 4.69) is 4.98 Å². The molecule has 1 aliphatic rings. The maximum atomic E-state index is 11.7. The molecular weight excluding hydrogens is 312 g/mol. The fourth-order valence-electron chi connectivity index (χ4n) is 2.53. The number of esters is 1. The highest BCUT2D eigenvalue weighted by Gasteiger charge is 2.36. The molecule has 3 heterocycles. The molecule has 1 saturated heterocycles. The number of methoxy groups -OCH3 is 1. The van der Waals surface area contributed by atoms with Crippen LogP contribution in [0.15, 0.2) is 11.6 Å². The SMILES string of the molecule is COC(=O)C1CN(c2nc3sccn3c2[N+](=O)[O-])C[C@@H](C)O1. The van der Waals surface area contributed by atoms with Crippen LogP contribution in [-0.2, 0) is 14.3 Å². The smallest absolute Gasteiger partial charge is 0.373 e. The molecule has 0 amide bonds. The predicted molar refractivity (Wildman–Crippen MR) is 78.3 cm³/mol. The molecule has 118 valence electrons. The molecule has 3 rings (SSSR count). The van der Waals surface area contributed by atoms with Crippen LogP contribution in [-0.4, -0.2) is 52.7 Å². The van der Waals surface area contributed by atoms with E-state index in [-0.39, 0.29) is 24.3 Å². The van der Waals surface area contributed by atoms with Crippen LogP contribution in [0.2, 0.25) is 0 Å². The summed E-state index contributed by atoms with van der Waals surface area (Å²) in [6, 6.07) is 0. The summed E-state index contributed by atoms with van der Waals surface area (Å²) in [4.78, 5) is 29.2. The molecule has 0 spiro atoms. The Bertz CT molecular complexity index is 726. The Morgan fingerprint density at radius 3 is 3.05 bits per heavy atom. The molecule has 10 heteroatoms. The largest absolute Gasteiger partial charge is 0.467 e. The molecule has 2 atom stereocenters. The number of aromatic nitrogens is 2. The molecular formula is C12H14N4O5S. The standard InChI is InChI=1S/C12H14N4O5S/c1-7-5-14(6-8(21-7)11(17)20-2)9-10(16(18)19)15-3-4-22-12(15)13-9/h3-4,7-8H,5-6H2,1-2H3/t7-,8?/m1/s1. The van der Waals surface area contributed by atoms with Gasteiger partial charge in [0, 0.05) is 11.9 Å². The monoisotopic (exact) mass is 326 g/mol. The molecule has 1 aliphatic heterocycles. The second kappa shape index (κ2) is 5.54. The van der Waals surface area contributed by atoms with Crippen molar-refractivity contribution < 1.29 is 19.2 Å². The summed E-state index contributed by atoms with van der Waals surface area (Å²) in [5.41, 5.74) is 0. The minimum atomic E-state index is -0.784. The normalized spacial score (nSPS) is 22.0. The Morgan fingerprint density at radius 2 is 2.36 bits per heavy atom. The van der Waals surface area contributed by atoms with Crippen molar-refractivity contribution in [3.05, 3.63) is 21.7 Å². The molecule has 1 fully saturated rings. The third-order valence-electron chi connectivity index (χ3n) is 3.42. The van der Waals surface area contributed by atoms with Crippen LogP contribution in [0.4, 0.5) is 11.6 Å². The third-order valence-corrected chi connectivity index (χ3v) is 4.17. The van der Waals surface area contributed by atoms with Crippen LogP contribution >= 0.6 is 11.3 Å². The first kappa shape index (κ1) is 14.7. The van der Waals surface area contributed by atoms with Gasteiger partial charge in [-0.3, -0.25) is 0 Å². The number of hydrogen-bond acceptors (Lipinski definition) is 8. The van der Waals surface area contributed by atoms with Crippen LogP contribution in [0.3, 0.4) is 0 Å². The summed E-state index contributed by atoms with van der Waals surface area (Å²) in [6.07, 6.45) is 0.557. The second-order valence-electron chi connectivity index (χ2n) is 4.94. The van der Waals surface area contributed by atoms with Gasteiger partial charge in [-0.15, -0.1) is 0 Å². The Hall–Kier alpha value is -2.20. The van der Waals surface area contributed by atoms with Gasteiger partial charge in [-0.25, -0.2) is 4.79 Å². The Labute approximate surface area is 129 Å². The highest BCUT2D eigenvalue weighted by molar-refractivity contribution is 7.15. The van der Waals surface area contributed by atoms with Crippen molar-refractivity contribution in [2.24, 2.45) is 0 Å². The average molecular weight is 326 g/mol. The highest BCUT2D eigenvalue weighted by atomic mass is 32.1. The number of imidazole rings is 1. The molecule has 0 aromatic carbocycles. The molecule has 22 heavy (non-hydrogen) atoms. The van der Waals surface area contributed by atoms with Crippen molar-refractivity contribution in [3.8, 4) is 0 Å². The van der Waals surface area contributed by atoms with E-state index in [0.717, 1.165) is 0 Å². The molecule has 0 N–H and O–H groups in total. The molecule has 2 aromatic heterocycles. The molecule has 2 aromatic rings. The molecule has 9 nitrogen and oxygen atoms in total. The van der Waals surface area contributed by atoms with E-state index < -0.39 is 17.0 Å². The maximum absolute atomic E-state index is 11.7. The quantitative estimate of drug-likeness (QED) is 0.472. The minimum absolute atomic E-state index is 0.103. The van der Waals surface area contributed by atoms with E-state index in [1.165, 1.54) is 22.8 Å². The van der Waals surface area contributed by atoms with Gasteiger partial charge in [0.15, 0.2) is 6.10 Å². The number of hydrogen-bond donors (Lipinski definition) is 0. The lowest BCUT2D eigenvalue weighted by Crippen LogP contribution is -2.50. The number of nitro groups is 1. The van der Waals surface area contributed by atoms with E-state index >= 15 is 0 Å². The van der Waals surface area contributed by atoms with Crippen LogP contribution in [0.5, 0.6) is 0 Å². The van der Waals surface area contributed by atoms with Gasteiger partial charge in [-0.2, -0.15) is 9.38 Å². The molecule has 1 unspecified atom stereocenters. The van der Waals surface area contributed by atoms with Gasteiger partial charge >= 0.3 is 11.8 Å². The van der Waals surface area contributed by atoms with Gasteiger partial charge in [-0.05, 0) is 11.8 Å². The topological polar surface area (TPSA) is 99.2 Å². The lowest BCUT2D eigenvalue weighted by molar-refractivity contribution is -0.389. The summed E-state index contributed by atoms with van der Waals surface area (Å²) in [6.45, 7) is 2.38. The van der Waals surface area contributed by atoms with Gasteiger partial charge in [0.1, 0.15) is 6.20 Å². The van der Waals surface area contributed by atoms with E-state index in [0.29, 0.717) is 11.5 Å². The number of carbonyl (C=O) groups is 1. The van der Waals surface area contributed by atoms with Gasteiger partial charge in [0.2, 0.25) is 5.82 Å². The van der Waals surface area contributed by atoms with Crippen molar-refractivity contribution in [2.45, 2.75) is 19.1 Å². The summed E-state index contributed by atoms with van der Waals surface area (Å²) in [5, 5.41) is 13.1. The number of carbonyl (C=O) groups excluding carboxylic acids is 1. The van der Waals surface area contributed by atoms with Gasteiger partial charge in [0.05, 0.1) is 19.8 Å². The predicted octanol–water partition coefficient (Wildman–Crippen LogP) is 1.07. The number of ether oxygens (including phenoxy) is 2. The van der Waals surface area contributed by atoms with E-state index in [9.17, 15) is 14.9 Å². The highest BCUT2D eigenvalue weighted by Crippen LogP contribution is 2.32. The van der Waals surface area contributed by atoms with E-state index in [4.69, 9.17) is 9.47 Å². The van der Waals surface area contributed by atoms with Crippen LogP contribution in [0.25, 0.3) is 4.96 Å². The summed E-state index contributed by atoms with van der Waals surface area (Å²) >= 11 is 1.31. The average Bonchev–Trinajstić information content (AvgIpc) is 3.05. The summed E-state index contributed by atoms with van der Waals surface area (Å²) in [7, 11) is 1.28. The first-order valence-corrected chi connectivity index (χ1v) is 7.47. The fraction of sp³-hybridized carbons (Fsp3) is 0.500. The van der Waals surface area contributed by atoms with Crippen LogP contribution in [0.1, 0.15) is 6.92 Å². The molecule has 0 radical (unpaired) electrons. The van der Waals surface area contributed by atoms with Crippen LogP contribution < -0.4 is 4.90 Å². The molecule has 0 saturated carbocycles. The van der Waals surface area contributed by atoms with Crippen LogP contribution in [0, 0.1) is 10.1 Å². The Kier molecular flexibility index (Phi) is 3.71. The number of thiazole rings is 1. The first-order chi connectivity index (χ1) is 10.5. The fourth-order valence-corrected chi connectivity index (χ4v) is 3.23. The Balaban J connectivity index is 1.99. The van der Waals surface area contributed by atoms with E-state index in [1.807, 2.05) is 0 Å². The van der Waals surface area contributed by atoms with Crippen molar-refractivity contribution in [3.63, 3.8) is 0 Å². The zero-order valence-electron chi connectivity index (χ0n) is 12.0. The van der Waals surface area contributed by atoms with Crippen molar-refractivity contribution >= 4 is 33.9 Å². The first-order valence-electron chi connectivity index (χ1n) is 6.59. The van der Waals surface area contributed by atoms with Gasteiger partial charge < -0.3 is 24.5 Å². The number of anilines is 1. The molecule has 0 bridgehead atoms. The van der Waals surface area contributed by atoms with E-state index in [1.54, 1.807) is 23.4 Å². The van der Waals surface area contributed by atoms with Gasteiger partial charge in [0.25, 0.3) is 4.96 Å². The van der Waals surface area contributed by atoms with Crippen molar-refractivity contribution in [1.29, 1.82) is 0 Å². The van der Waals surface area contributed by atoms with Gasteiger partial charge in [-0.1, -0.05) is 11.3 Å². The number of nitrogens with zero attached hydrogens (tertiary/aromatic N) is 4. The zero-order valence-corrected chi connectivity index (χ0v) is 12.8. The molecule has 0 aliphatic carbocycles. The number of morpholine rings is 1. The lowest BCUT2D eigenvalue weighted by Gasteiger charge is -2.35. The summed E-state index contributed by atoms with van der Waals surface area (Å²) in [5.74, 6) is -0.352. The third kappa shape index (κ3) is 2.40. The van der Waals surface area contributed by atoms with Crippen molar-refractivity contribution in [1.82, 2.24) is 9.38 Å². The Morgan fingerprint density at radius 1 is 1.59 bits per heavy atom.